The smallest absolute Gasteiger partial charge is 0.457 e. The van der Waals surface area contributed by atoms with Gasteiger partial charge < -0.3 is 34.2 Å². The van der Waals surface area contributed by atoms with E-state index in [1.54, 1.807) is 20.8 Å². The normalized spacial score (nSPS) is 21.9. The van der Waals surface area contributed by atoms with Crippen molar-refractivity contribution in [3.8, 4) is 0 Å². The molecule has 1 aromatic rings. The molecule has 2 aliphatic rings. The van der Waals surface area contributed by atoms with Crippen molar-refractivity contribution in [3.05, 3.63) is 35.9 Å². The number of nitrogens with one attached hydrogen (secondary N) is 2. The summed E-state index contributed by atoms with van der Waals surface area (Å²) in [6.45, 7) is 21.3. The van der Waals surface area contributed by atoms with E-state index in [-0.39, 0.29) is 32.6 Å². The second kappa shape index (κ2) is 17.7. The number of hydrogen-bond donors (Lipinski definition) is 2. The van der Waals surface area contributed by atoms with E-state index in [9.17, 15) is 19.2 Å². The average molecular weight is 730 g/mol. The first-order chi connectivity index (χ1) is 24.1. The number of likely N-dealkylation sites (tertiary alicyclic amines) is 1. The van der Waals surface area contributed by atoms with Gasteiger partial charge in [0.05, 0.1) is 17.8 Å². The first-order valence-electron chi connectivity index (χ1n) is 18.9. The van der Waals surface area contributed by atoms with E-state index in [1.165, 1.54) is 4.90 Å². The maximum atomic E-state index is 14.5. The molecule has 0 aliphatic carbocycles. The SMILES string of the molecule is CCCCOC(=O)N1CCC(NC(=O)C(NC(=O)OC(C)(C)C)C(C)(C)C)C[C@]1(CCCCB1OC(C)(C)C(C)(C)O1)C(=O)OCc1ccccc1. The lowest BCUT2D eigenvalue weighted by Crippen LogP contribution is -2.65. The first-order valence-corrected chi connectivity index (χ1v) is 18.9. The van der Waals surface area contributed by atoms with Crippen molar-refractivity contribution < 1.29 is 42.7 Å². The Morgan fingerprint density at radius 3 is 2.15 bits per heavy atom. The fourth-order valence-corrected chi connectivity index (χ4v) is 6.48. The second-order valence-electron chi connectivity index (χ2n) is 17.3. The van der Waals surface area contributed by atoms with E-state index >= 15 is 0 Å². The molecule has 12 nitrogen and oxygen atoms in total. The number of rotatable bonds is 14. The molecular formula is C39H64BN3O9. The topological polar surface area (TPSA) is 142 Å². The number of piperidine rings is 1. The fraction of sp³-hybridized carbons (Fsp3) is 0.744. The van der Waals surface area contributed by atoms with Crippen molar-refractivity contribution in [1.82, 2.24) is 15.5 Å². The van der Waals surface area contributed by atoms with Crippen LogP contribution < -0.4 is 10.6 Å². The standard InChI is InChI=1S/C39H64BN3O9/c1-12-13-25-48-34(47)43-24-21-29(41-31(44)30(35(2,3)4)42-33(46)50-36(5,6)7)26-39(43,32(45)49-27-28-19-15-14-16-20-28)22-17-18-23-40-51-37(8,9)38(10,11)52-40/h14-16,19-20,29-30H,12-13,17-18,21-27H2,1-11H3,(H,41,44)(H,42,46)/t29?,30?,39-/m1/s1. The second-order valence-corrected chi connectivity index (χ2v) is 17.3. The summed E-state index contributed by atoms with van der Waals surface area (Å²) in [5.41, 5.74) is -2.95. The van der Waals surface area contributed by atoms with Crippen LogP contribution >= 0.6 is 0 Å². The maximum Gasteiger partial charge on any atom is 0.457 e. The van der Waals surface area contributed by atoms with Gasteiger partial charge in [0.25, 0.3) is 0 Å². The van der Waals surface area contributed by atoms with Crippen molar-refractivity contribution >= 4 is 31.2 Å². The van der Waals surface area contributed by atoms with Crippen LogP contribution in [0.2, 0.25) is 6.32 Å². The molecule has 292 valence electrons. The average Bonchev–Trinajstić information content (AvgIpc) is 3.24. The van der Waals surface area contributed by atoms with E-state index in [4.69, 9.17) is 23.5 Å². The summed E-state index contributed by atoms with van der Waals surface area (Å²) in [4.78, 5) is 56.4. The molecule has 3 atom stereocenters. The molecule has 2 unspecified atom stereocenters. The lowest BCUT2D eigenvalue weighted by molar-refractivity contribution is -0.163. The molecule has 13 heteroatoms. The Kier molecular flexibility index (Phi) is 14.6. The number of hydrogen-bond acceptors (Lipinski definition) is 9. The Hall–Kier alpha value is -3.32. The van der Waals surface area contributed by atoms with Gasteiger partial charge in [-0.15, -0.1) is 0 Å². The summed E-state index contributed by atoms with van der Waals surface area (Å²) in [6, 6.07) is 7.93. The van der Waals surface area contributed by atoms with Crippen LogP contribution in [0.5, 0.6) is 0 Å². The van der Waals surface area contributed by atoms with Crippen LogP contribution in [-0.4, -0.2) is 83.7 Å². The van der Waals surface area contributed by atoms with Gasteiger partial charge in [-0.25, -0.2) is 14.4 Å². The number of esters is 1. The van der Waals surface area contributed by atoms with Crippen LogP contribution in [0.15, 0.2) is 30.3 Å². The minimum atomic E-state index is -1.43. The minimum Gasteiger partial charge on any atom is -0.459 e. The molecule has 2 fully saturated rings. The number of benzene rings is 1. The highest BCUT2D eigenvalue weighted by Gasteiger charge is 2.54. The van der Waals surface area contributed by atoms with Gasteiger partial charge in [-0.05, 0) is 85.0 Å². The summed E-state index contributed by atoms with van der Waals surface area (Å²) in [5, 5.41) is 5.85. The zero-order valence-corrected chi connectivity index (χ0v) is 33.5. The number of carbonyl (C=O) groups is 4. The number of alkyl carbamates (subject to hydrolysis) is 1. The molecule has 2 saturated heterocycles. The molecule has 1 aromatic carbocycles. The summed E-state index contributed by atoms with van der Waals surface area (Å²) in [6.07, 6.45) is 2.82. The van der Waals surface area contributed by atoms with Crippen molar-refractivity contribution in [2.24, 2.45) is 5.41 Å². The van der Waals surface area contributed by atoms with Gasteiger partial charge >= 0.3 is 25.3 Å². The summed E-state index contributed by atoms with van der Waals surface area (Å²) < 4.78 is 29.6. The van der Waals surface area contributed by atoms with E-state index in [2.05, 4.69) is 10.6 Å². The molecule has 3 rings (SSSR count). The van der Waals surface area contributed by atoms with Crippen LogP contribution in [0.1, 0.15) is 127 Å². The Labute approximate surface area is 311 Å². The maximum absolute atomic E-state index is 14.5. The Morgan fingerprint density at radius 2 is 1.58 bits per heavy atom. The molecule has 2 aliphatic heterocycles. The number of unbranched alkanes of at least 4 members (excludes halogenated alkanes) is 2. The van der Waals surface area contributed by atoms with Crippen molar-refractivity contribution in [2.45, 2.75) is 168 Å². The van der Waals surface area contributed by atoms with Crippen molar-refractivity contribution in [1.29, 1.82) is 0 Å². The highest BCUT2D eigenvalue weighted by Crippen LogP contribution is 2.40. The van der Waals surface area contributed by atoms with E-state index in [0.717, 1.165) is 12.0 Å². The number of carbonyl (C=O) groups excluding carboxylic acids is 4. The van der Waals surface area contributed by atoms with Crippen LogP contribution in [-0.2, 0) is 39.7 Å². The molecule has 0 saturated carbocycles. The molecule has 0 aromatic heterocycles. The number of nitrogens with zero attached hydrogens (tertiary/aromatic N) is 1. The Balaban J connectivity index is 1.90. The van der Waals surface area contributed by atoms with Gasteiger partial charge in [0.1, 0.15) is 23.8 Å². The summed E-state index contributed by atoms with van der Waals surface area (Å²) in [5.74, 6) is -0.965. The highest BCUT2D eigenvalue weighted by atomic mass is 16.7. The lowest BCUT2D eigenvalue weighted by Gasteiger charge is -2.47. The van der Waals surface area contributed by atoms with E-state index < -0.39 is 71.0 Å². The monoisotopic (exact) mass is 729 g/mol. The Bertz CT molecular complexity index is 1340. The predicted molar refractivity (Wildman–Crippen MR) is 200 cm³/mol. The molecule has 0 spiro atoms. The van der Waals surface area contributed by atoms with Crippen LogP contribution in [0, 0.1) is 5.41 Å². The Morgan fingerprint density at radius 1 is 0.942 bits per heavy atom. The van der Waals surface area contributed by atoms with Gasteiger partial charge in [0.15, 0.2) is 0 Å². The first kappa shape index (κ1) is 43.1. The molecular weight excluding hydrogens is 665 g/mol. The third-order valence-electron chi connectivity index (χ3n) is 10.1. The lowest BCUT2D eigenvalue weighted by atomic mass is 9.77. The molecule has 2 heterocycles. The van der Waals surface area contributed by atoms with E-state index in [0.29, 0.717) is 32.0 Å². The van der Waals surface area contributed by atoms with Crippen LogP contribution in [0.25, 0.3) is 0 Å². The number of ether oxygens (including phenoxy) is 3. The summed E-state index contributed by atoms with van der Waals surface area (Å²) in [7, 11) is -0.397. The molecule has 52 heavy (non-hydrogen) atoms. The van der Waals surface area contributed by atoms with E-state index in [1.807, 2.05) is 85.7 Å². The zero-order valence-electron chi connectivity index (χ0n) is 33.5. The molecule has 0 radical (unpaired) electrons. The third-order valence-corrected chi connectivity index (χ3v) is 10.1. The predicted octanol–water partition coefficient (Wildman–Crippen LogP) is 7.19. The largest absolute Gasteiger partial charge is 0.459 e. The molecule has 0 bridgehead atoms. The third kappa shape index (κ3) is 11.8. The van der Waals surface area contributed by atoms with Gasteiger partial charge in [-0.2, -0.15) is 0 Å². The van der Waals surface area contributed by atoms with Crippen LogP contribution in [0.3, 0.4) is 0 Å². The summed E-state index contributed by atoms with van der Waals surface area (Å²) >= 11 is 0. The quantitative estimate of drug-likeness (QED) is 0.0881. The van der Waals surface area contributed by atoms with Gasteiger partial charge in [0.2, 0.25) is 5.91 Å². The van der Waals surface area contributed by atoms with Gasteiger partial charge in [-0.1, -0.05) is 77.3 Å². The number of amides is 3. The van der Waals surface area contributed by atoms with Gasteiger partial charge in [-0.3, -0.25) is 9.69 Å². The zero-order chi connectivity index (χ0) is 39.0. The van der Waals surface area contributed by atoms with Crippen molar-refractivity contribution in [3.63, 3.8) is 0 Å². The fourth-order valence-electron chi connectivity index (χ4n) is 6.48. The molecule has 3 amide bonds. The molecule has 2 N–H and O–H groups in total. The highest BCUT2D eigenvalue weighted by molar-refractivity contribution is 6.45. The minimum absolute atomic E-state index is 0.0248. The van der Waals surface area contributed by atoms with Crippen molar-refractivity contribution in [2.75, 3.05) is 13.2 Å². The van der Waals surface area contributed by atoms with Crippen LogP contribution in [0.4, 0.5) is 9.59 Å². The van der Waals surface area contributed by atoms with Gasteiger partial charge in [0, 0.05) is 19.0 Å².